The topological polar surface area (TPSA) is 63.8 Å². The van der Waals surface area contributed by atoms with Gasteiger partial charge in [-0.2, -0.15) is 5.10 Å². The Morgan fingerprint density at radius 2 is 1.92 bits per heavy atom. The molecule has 5 nitrogen and oxygen atoms in total. The highest BCUT2D eigenvalue weighted by molar-refractivity contribution is 9.10. The maximum atomic E-state index is 12.9. The number of furan rings is 1. The van der Waals surface area contributed by atoms with Crippen molar-refractivity contribution in [2.24, 2.45) is 5.10 Å². The third-order valence-corrected chi connectivity index (χ3v) is 4.06. The molecule has 0 radical (unpaired) electrons. The molecule has 1 aromatic heterocycles. The SMILES string of the molecule is O=C(N/N=C/c1ccc(OCc2ccc(F)cc2)o1)c1ccccc1Br. The van der Waals surface area contributed by atoms with E-state index in [0.717, 1.165) is 5.56 Å². The Morgan fingerprint density at radius 3 is 2.69 bits per heavy atom. The van der Waals surface area contributed by atoms with Crippen LogP contribution in [0.15, 0.2) is 74.7 Å². The normalized spacial score (nSPS) is 10.8. The van der Waals surface area contributed by atoms with Gasteiger partial charge in [-0.25, -0.2) is 9.82 Å². The second-order valence-electron chi connectivity index (χ2n) is 5.25. The van der Waals surface area contributed by atoms with E-state index in [-0.39, 0.29) is 18.3 Å². The van der Waals surface area contributed by atoms with Crippen molar-refractivity contribution in [2.75, 3.05) is 0 Å². The molecule has 0 unspecified atom stereocenters. The molecule has 3 aromatic rings. The fourth-order valence-corrected chi connectivity index (χ4v) is 2.54. The number of nitrogens with zero attached hydrogens (tertiary/aromatic N) is 1. The third kappa shape index (κ3) is 4.80. The van der Waals surface area contributed by atoms with E-state index in [2.05, 4.69) is 26.5 Å². The molecule has 26 heavy (non-hydrogen) atoms. The predicted octanol–water partition coefficient (Wildman–Crippen LogP) is 4.52. The van der Waals surface area contributed by atoms with Crippen LogP contribution in [-0.4, -0.2) is 12.1 Å². The molecular formula is C19H14BrFN2O3. The molecule has 0 aliphatic carbocycles. The standard InChI is InChI=1S/C19H14BrFN2O3/c20-17-4-2-1-3-16(17)19(24)23-22-11-15-9-10-18(26-15)25-12-13-5-7-14(21)8-6-13/h1-11H,12H2,(H,23,24)/b22-11+. The summed E-state index contributed by atoms with van der Waals surface area (Å²) in [6, 6.07) is 16.4. The minimum absolute atomic E-state index is 0.253. The number of benzene rings is 2. The average molecular weight is 417 g/mol. The van der Waals surface area contributed by atoms with Gasteiger partial charge in [-0.05, 0) is 51.8 Å². The molecule has 0 aliphatic heterocycles. The van der Waals surface area contributed by atoms with E-state index in [4.69, 9.17) is 9.15 Å². The Kier molecular flexibility index (Phi) is 5.80. The lowest BCUT2D eigenvalue weighted by Gasteiger charge is -2.02. The van der Waals surface area contributed by atoms with E-state index in [1.807, 2.05) is 6.07 Å². The van der Waals surface area contributed by atoms with Crippen LogP contribution < -0.4 is 10.2 Å². The van der Waals surface area contributed by atoms with Crippen molar-refractivity contribution >= 4 is 28.1 Å². The summed E-state index contributed by atoms with van der Waals surface area (Å²) in [6.45, 7) is 0.253. The summed E-state index contributed by atoms with van der Waals surface area (Å²) in [4.78, 5) is 12.0. The molecule has 2 aromatic carbocycles. The number of amides is 1. The number of hydrazone groups is 1. The fraction of sp³-hybridized carbons (Fsp3) is 0.0526. The Morgan fingerprint density at radius 1 is 1.15 bits per heavy atom. The zero-order valence-electron chi connectivity index (χ0n) is 13.5. The number of ether oxygens (including phenoxy) is 1. The first-order valence-electron chi connectivity index (χ1n) is 7.67. The van der Waals surface area contributed by atoms with Gasteiger partial charge in [0.05, 0.1) is 11.8 Å². The maximum absolute atomic E-state index is 12.9. The van der Waals surface area contributed by atoms with Gasteiger partial charge in [-0.1, -0.05) is 24.3 Å². The van der Waals surface area contributed by atoms with E-state index in [0.29, 0.717) is 21.7 Å². The molecule has 132 valence electrons. The van der Waals surface area contributed by atoms with Gasteiger partial charge in [0.2, 0.25) is 0 Å². The number of hydrogen-bond donors (Lipinski definition) is 1. The van der Waals surface area contributed by atoms with Gasteiger partial charge in [0.15, 0.2) is 5.76 Å². The van der Waals surface area contributed by atoms with Crippen LogP contribution in [-0.2, 0) is 6.61 Å². The van der Waals surface area contributed by atoms with E-state index in [1.165, 1.54) is 18.3 Å². The van der Waals surface area contributed by atoms with Gasteiger partial charge in [0.1, 0.15) is 12.4 Å². The Balaban J connectivity index is 1.53. The van der Waals surface area contributed by atoms with Crippen molar-refractivity contribution in [3.05, 3.63) is 87.8 Å². The van der Waals surface area contributed by atoms with Gasteiger partial charge in [-0.3, -0.25) is 4.79 Å². The fourth-order valence-electron chi connectivity index (χ4n) is 2.08. The first-order chi connectivity index (χ1) is 12.6. The summed E-state index contributed by atoms with van der Waals surface area (Å²) < 4.78 is 24.4. The molecular weight excluding hydrogens is 403 g/mol. The van der Waals surface area contributed by atoms with Crippen molar-refractivity contribution < 1.29 is 18.3 Å². The number of carbonyl (C=O) groups excluding carboxylic acids is 1. The Bertz CT molecular complexity index is 923. The third-order valence-electron chi connectivity index (χ3n) is 3.37. The number of carbonyl (C=O) groups is 1. The van der Waals surface area contributed by atoms with Gasteiger partial charge in [0, 0.05) is 10.5 Å². The van der Waals surface area contributed by atoms with Gasteiger partial charge >= 0.3 is 0 Å². The summed E-state index contributed by atoms with van der Waals surface area (Å²) in [5.74, 6) is 0.0855. The Hall–Kier alpha value is -2.93. The van der Waals surface area contributed by atoms with Crippen LogP contribution >= 0.6 is 15.9 Å². The van der Waals surface area contributed by atoms with E-state index in [1.54, 1.807) is 42.5 Å². The van der Waals surface area contributed by atoms with Crippen LogP contribution in [0.5, 0.6) is 5.95 Å². The highest BCUT2D eigenvalue weighted by Crippen LogP contribution is 2.17. The maximum Gasteiger partial charge on any atom is 0.285 e. The van der Waals surface area contributed by atoms with Crippen LogP contribution in [0, 0.1) is 5.82 Å². The average Bonchev–Trinajstić information content (AvgIpc) is 3.09. The first-order valence-corrected chi connectivity index (χ1v) is 8.46. The van der Waals surface area contributed by atoms with E-state index in [9.17, 15) is 9.18 Å². The van der Waals surface area contributed by atoms with Crippen molar-refractivity contribution in [3.8, 4) is 5.95 Å². The summed E-state index contributed by atoms with van der Waals surface area (Å²) in [6.07, 6.45) is 1.37. The molecule has 0 aliphatic rings. The first kappa shape index (κ1) is 17.9. The smallest absolute Gasteiger partial charge is 0.285 e. The molecule has 0 bridgehead atoms. The van der Waals surface area contributed by atoms with Gasteiger partial charge in [0.25, 0.3) is 11.9 Å². The van der Waals surface area contributed by atoms with Crippen LogP contribution in [0.3, 0.4) is 0 Å². The molecule has 7 heteroatoms. The molecule has 0 saturated heterocycles. The van der Waals surface area contributed by atoms with E-state index < -0.39 is 0 Å². The molecule has 1 N–H and O–H groups in total. The van der Waals surface area contributed by atoms with Crippen LogP contribution in [0.4, 0.5) is 4.39 Å². The molecule has 3 rings (SSSR count). The number of nitrogens with one attached hydrogen (secondary N) is 1. The van der Waals surface area contributed by atoms with Crippen molar-refractivity contribution in [1.29, 1.82) is 0 Å². The molecule has 0 atom stereocenters. The summed E-state index contributed by atoms with van der Waals surface area (Å²) >= 11 is 3.31. The highest BCUT2D eigenvalue weighted by atomic mass is 79.9. The van der Waals surface area contributed by atoms with Crippen LogP contribution in [0.1, 0.15) is 21.7 Å². The number of rotatable bonds is 6. The minimum atomic E-state index is -0.340. The summed E-state index contributed by atoms with van der Waals surface area (Å²) in [5, 5.41) is 3.86. The van der Waals surface area contributed by atoms with Gasteiger partial charge in [-0.15, -0.1) is 0 Å². The molecule has 0 saturated carbocycles. The van der Waals surface area contributed by atoms with Crippen LogP contribution in [0.2, 0.25) is 0 Å². The zero-order chi connectivity index (χ0) is 18.4. The predicted molar refractivity (Wildman–Crippen MR) is 98.6 cm³/mol. The Labute approximate surface area is 157 Å². The second-order valence-corrected chi connectivity index (χ2v) is 6.11. The summed E-state index contributed by atoms with van der Waals surface area (Å²) in [7, 11) is 0. The van der Waals surface area contributed by atoms with Gasteiger partial charge < -0.3 is 9.15 Å². The molecule has 1 amide bonds. The summed E-state index contributed by atoms with van der Waals surface area (Å²) in [5.41, 5.74) is 3.72. The van der Waals surface area contributed by atoms with E-state index >= 15 is 0 Å². The lowest BCUT2D eigenvalue weighted by Crippen LogP contribution is -2.17. The van der Waals surface area contributed by atoms with Crippen molar-refractivity contribution in [1.82, 2.24) is 5.43 Å². The largest absolute Gasteiger partial charge is 0.460 e. The number of hydrogen-bond acceptors (Lipinski definition) is 4. The van der Waals surface area contributed by atoms with Crippen LogP contribution in [0.25, 0.3) is 0 Å². The minimum Gasteiger partial charge on any atom is -0.460 e. The van der Waals surface area contributed by atoms with Crippen molar-refractivity contribution in [2.45, 2.75) is 6.61 Å². The quantitative estimate of drug-likeness (QED) is 0.474. The highest BCUT2D eigenvalue weighted by Gasteiger charge is 2.08. The molecule has 0 spiro atoms. The second kappa shape index (κ2) is 8.44. The molecule has 1 heterocycles. The molecule has 0 fully saturated rings. The lowest BCUT2D eigenvalue weighted by atomic mass is 10.2. The monoisotopic (exact) mass is 416 g/mol. The number of halogens is 2. The van der Waals surface area contributed by atoms with Crippen molar-refractivity contribution in [3.63, 3.8) is 0 Å². The zero-order valence-corrected chi connectivity index (χ0v) is 15.1. The lowest BCUT2D eigenvalue weighted by molar-refractivity contribution is 0.0954.